The first-order valence-electron chi connectivity index (χ1n) is 6.53. The first-order valence-corrected chi connectivity index (χ1v) is 6.53. The number of aryl methyl sites for hydroxylation is 1. The van der Waals surface area contributed by atoms with Crippen molar-refractivity contribution < 1.29 is 9.84 Å². The number of nitrogens with zero attached hydrogens (tertiary/aromatic N) is 2. The van der Waals surface area contributed by atoms with E-state index in [0.717, 1.165) is 31.5 Å². The van der Waals surface area contributed by atoms with E-state index in [-0.39, 0.29) is 12.1 Å². The molecule has 0 amide bonds. The highest BCUT2D eigenvalue weighted by Gasteiger charge is 2.21. The third-order valence-corrected chi connectivity index (χ3v) is 3.34. The van der Waals surface area contributed by atoms with Crippen LogP contribution in [-0.2, 0) is 0 Å². The van der Waals surface area contributed by atoms with Gasteiger partial charge in [0.2, 0.25) is 5.88 Å². The van der Waals surface area contributed by atoms with Crippen molar-refractivity contribution in [3.05, 3.63) is 11.9 Å². The van der Waals surface area contributed by atoms with Gasteiger partial charge in [0.25, 0.3) is 0 Å². The summed E-state index contributed by atoms with van der Waals surface area (Å²) in [5, 5.41) is 13.4. The molecule has 0 aliphatic heterocycles. The first-order chi connectivity index (χ1) is 8.69. The van der Waals surface area contributed by atoms with Crippen LogP contribution in [-0.4, -0.2) is 34.3 Å². The molecule has 1 heterocycles. The molecule has 0 saturated heterocycles. The summed E-state index contributed by atoms with van der Waals surface area (Å²) in [5.41, 5.74) is 0. The number of ether oxygens (including phenoxy) is 1. The van der Waals surface area contributed by atoms with E-state index < -0.39 is 0 Å². The minimum Gasteiger partial charge on any atom is -0.481 e. The summed E-state index contributed by atoms with van der Waals surface area (Å²) >= 11 is 0. The maximum atomic E-state index is 10.1. The van der Waals surface area contributed by atoms with Gasteiger partial charge < -0.3 is 15.2 Å². The van der Waals surface area contributed by atoms with Crippen LogP contribution >= 0.6 is 0 Å². The standard InChI is InChI=1S/C13H21N3O2/c1-9-14-12(8-13(15-9)18-2)16-10-6-4-3-5-7-11(10)17/h8,10-11,17H,3-7H2,1-2H3,(H,14,15,16). The second-order valence-electron chi connectivity index (χ2n) is 4.80. The summed E-state index contributed by atoms with van der Waals surface area (Å²) in [7, 11) is 1.59. The van der Waals surface area contributed by atoms with Crippen LogP contribution in [0.5, 0.6) is 5.88 Å². The molecule has 0 radical (unpaired) electrons. The molecule has 2 N–H and O–H groups in total. The number of anilines is 1. The topological polar surface area (TPSA) is 67.3 Å². The lowest BCUT2D eigenvalue weighted by atomic mass is 10.1. The molecule has 2 unspecified atom stereocenters. The fraction of sp³-hybridized carbons (Fsp3) is 0.692. The summed E-state index contributed by atoms with van der Waals surface area (Å²) in [6.07, 6.45) is 4.99. The van der Waals surface area contributed by atoms with E-state index in [9.17, 15) is 5.11 Å². The average Bonchev–Trinajstić information content (AvgIpc) is 2.54. The Bertz CT molecular complexity index is 398. The number of methoxy groups -OCH3 is 1. The Balaban J connectivity index is 2.09. The monoisotopic (exact) mass is 251 g/mol. The fourth-order valence-electron chi connectivity index (χ4n) is 2.37. The van der Waals surface area contributed by atoms with Crippen molar-refractivity contribution in [3.63, 3.8) is 0 Å². The predicted octanol–water partition coefficient (Wildman–Crippen LogP) is 1.90. The van der Waals surface area contributed by atoms with Crippen LogP contribution in [0, 0.1) is 6.92 Å². The molecule has 2 rings (SSSR count). The summed E-state index contributed by atoms with van der Waals surface area (Å²) in [6, 6.07) is 1.84. The fourth-order valence-corrected chi connectivity index (χ4v) is 2.37. The van der Waals surface area contributed by atoms with Gasteiger partial charge in [-0.1, -0.05) is 19.3 Å². The number of rotatable bonds is 3. The molecular formula is C13H21N3O2. The molecule has 1 aliphatic rings. The van der Waals surface area contributed by atoms with Gasteiger partial charge in [-0.15, -0.1) is 0 Å². The lowest BCUT2D eigenvalue weighted by Gasteiger charge is -2.22. The zero-order chi connectivity index (χ0) is 13.0. The molecular weight excluding hydrogens is 230 g/mol. The van der Waals surface area contributed by atoms with Crippen LogP contribution in [0.15, 0.2) is 6.07 Å². The Labute approximate surface area is 108 Å². The molecule has 1 saturated carbocycles. The predicted molar refractivity (Wildman–Crippen MR) is 69.8 cm³/mol. The molecule has 5 nitrogen and oxygen atoms in total. The van der Waals surface area contributed by atoms with E-state index >= 15 is 0 Å². The summed E-state index contributed by atoms with van der Waals surface area (Å²) in [5.74, 6) is 1.94. The Morgan fingerprint density at radius 3 is 2.83 bits per heavy atom. The van der Waals surface area contributed by atoms with Crippen molar-refractivity contribution in [1.82, 2.24) is 9.97 Å². The number of hydrogen-bond donors (Lipinski definition) is 2. The van der Waals surface area contributed by atoms with Crippen molar-refractivity contribution in [1.29, 1.82) is 0 Å². The second-order valence-corrected chi connectivity index (χ2v) is 4.80. The summed E-state index contributed by atoms with van der Waals surface area (Å²) in [4.78, 5) is 8.47. The van der Waals surface area contributed by atoms with E-state index in [0.29, 0.717) is 11.7 Å². The van der Waals surface area contributed by atoms with Crippen LogP contribution in [0.4, 0.5) is 5.82 Å². The SMILES string of the molecule is COc1cc(NC2CCCCCC2O)nc(C)n1. The Morgan fingerprint density at radius 1 is 1.28 bits per heavy atom. The number of aromatic nitrogens is 2. The zero-order valence-electron chi connectivity index (χ0n) is 11.0. The molecule has 1 aromatic heterocycles. The third-order valence-electron chi connectivity index (χ3n) is 3.34. The second kappa shape index (κ2) is 6.00. The molecule has 2 atom stereocenters. The largest absolute Gasteiger partial charge is 0.481 e. The molecule has 100 valence electrons. The van der Waals surface area contributed by atoms with Gasteiger partial charge in [-0.3, -0.25) is 0 Å². The minimum atomic E-state index is -0.297. The van der Waals surface area contributed by atoms with Crippen molar-refractivity contribution in [3.8, 4) is 5.88 Å². The smallest absolute Gasteiger partial charge is 0.218 e. The lowest BCUT2D eigenvalue weighted by molar-refractivity contribution is 0.144. The molecule has 0 aromatic carbocycles. The van der Waals surface area contributed by atoms with E-state index in [1.807, 2.05) is 6.92 Å². The van der Waals surface area contributed by atoms with Gasteiger partial charge >= 0.3 is 0 Å². The molecule has 1 aromatic rings. The van der Waals surface area contributed by atoms with E-state index in [2.05, 4.69) is 15.3 Å². The van der Waals surface area contributed by atoms with E-state index in [1.165, 1.54) is 6.42 Å². The summed E-state index contributed by atoms with van der Waals surface area (Å²) < 4.78 is 5.12. The maximum absolute atomic E-state index is 10.1. The molecule has 0 spiro atoms. The Hall–Kier alpha value is -1.36. The Kier molecular flexibility index (Phi) is 4.36. The van der Waals surface area contributed by atoms with Crippen molar-refractivity contribution in [2.75, 3.05) is 12.4 Å². The first kappa shape index (κ1) is 13.1. The van der Waals surface area contributed by atoms with Crippen LogP contribution in [0.2, 0.25) is 0 Å². The molecule has 18 heavy (non-hydrogen) atoms. The molecule has 1 aliphatic carbocycles. The molecule has 1 fully saturated rings. The van der Waals surface area contributed by atoms with Gasteiger partial charge in [0, 0.05) is 6.07 Å². The van der Waals surface area contributed by atoms with E-state index in [4.69, 9.17) is 4.74 Å². The van der Waals surface area contributed by atoms with Gasteiger partial charge in [0.1, 0.15) is 11.6 Å². The molecule has 0 bridgehead atoms. The van der Waals surface area contributed by atoms with Crippen LogP contribution in [0.3, 0.4) is 0 Å². The zero-order valence-corrected chi connectivity index (χ0v) is 11.0. The van der Waals surface area contributed by atoms with Crippen molar-refractivity contribution in [2.45, 2.75) is 51.2 Å². The van der Waals surface area contributed by atoms with Crippen LogP contribution in [0.1, 0.15) is 37.9 Å². The van der Waals surface area contributed by atoms with Crippen molar-refractivity contribution >= 4 is 5.82 Å². The highest BCUT2D eigenvalue weighted by Crippen LogP contribution is 2.22. The number of aliphatic hydroxyl groups is 1. The highest BCUT2D eigenvalue weighted by molar-refractivity contribution is 5.39. The third kappa shape index (κ3) is 3.32. The quantitative estimate of drug-likeness (QED) is 0.803. The number of aliphatic hydroxyl groups excluding tert-OH is 1. The van der Waals surface area contributed by atoms with E-state index in [1.54, 1.807) is 13.2 Å². The minimum absolute atomic E-state index is 0.0755. The lowest BCUT2D eigenvalue weighted by Crippen LogP contribution is -2.32. The van der Waals surface area contributed by atoms with Gasteiger partial charge in [-0.25, -0.2) is 4.98 Å². The van der Waals surface area contributed by atoms with Crippen LogP contribution in [0.25, 0.3) is 0 Å². The van der Waals surface area contributed by atoms with Crippen molar-refractivity contribution in [2.24, 2.45) is 0 Å². The Morgan fingerprint density at radius 2 is 2.06 bits per heavy atom. The number of nitrogens with one attached hydrogen (secondary N) is 1. The highest BCUT2D eigenvalue weighted by atomic mass is 16.5. The van der Waals surface area contributed by atoms with Gasteiger partial charge in [-0.05, 0) is 19.8 Å². The number of hydrogen-bond acceptors (Lipinski definition) is 5. The average molecular weight is 251 g/mol. The summed E-state index contributed by atoms with van der Waals surface area (Å²) in [6.45, 7) is 1.83. The van der Waals surface area contributed by atoms with Crippen LogP contribution < -0.4 is 10.1 Å². The molecule has 5 heteroatoms. The van der Waals surface area contributed by atoms with Gasteiger partial charge in [0.05, 0.1) is 19.3 Å². The van der Waals surface area contributed by atoms with Gasteiger partial charge in [0.15, 0.2) is 0 Å². The van der Waals surface area contributed by atoms with Gasteiger partial charge in [-0.2, -0.15) is 4.98 Å². The normalized spacial score (nSPS) is 24.4. The maximum Gasteiger partial charge on any atom is 0.218 e.